The van der Waals surface area contributed by atoms with Crippen LogP contribution in [0.4, 0.5) is 4.39 Å². The molecule has 3 aromatic rings. The predicted molar refractivity (Wildman–Crippen MR) is 114 cm³/mol. The second-order valence-corrected chi connectivity index (χ2v) is 8.02. The average Bonchev–Trinajstić information content (AvgIpc) is 2.67. The minimum atomic E-state index is -0.805. The van der Waals surface area contributed by atoms with Crippen molar-refractivity contribution in [2.24, 2.45) is 5.73 Å². The number of ether oxygens (including phenoxy) is 1. The summed E-state index contributed by atoms with van der Waals surface area (Å²) in [5.74, 6) is -0.151. The second kappa shape index (κ2) is 8.91. The van der Waals surface area contributed by atoms with Gasteiger partial charge in [-0.2, -0.15) is 5.26 Å². The molecule has 0 saturated carbocycles. The van der Waals surface area contributed by atoms with Gasteiger partial charge in [0.1, 0.15) is 11.6 Å². The van der Waals surface area contributed by atoms with E-state index >= 15 is 0 Å². The van der Waals surface area contributed by atoms with Crippen LogP contribution >= 0.6 is 27.5 Å². The predicted octanol–water partition coefficient (Wildman–Crippen LogP) is 5.75. The number of benzene rings is 2. The molecule has 148 valence electrons. The zero-order valence-corrected chi connectivity index (χ0v) is 18.2. The van der Waals surface area contributed by atoms with Crippen molar-refractivity contribution in [3.8, 4) is 11.8 Å². The number of nitriles is 1. The zero-order chi connectivity index (χ0) is 21.1. The SMILES string of the molecule is Cc1cc(C(N)Oc2cc(Cl)c(F)cc2Cc2ncc(Br)cc2C)ccc1C#N. The van der Waals surface area contributed by atoms with Crippen LogP contribution in [-0.2, 0) is 6.42 Å². The molecule has 7 heteroatoms. The standard InChI is InChI=1S/C22H18BrClFN3O/c1-12-5-14(3-4-15(12)10-26)22(27)29-21-9-18(24)19(25)7-16(21)8-20-13(2)6-17(23)11-28-20/h3-7,9,11,22H,8,27H2,1-2H3. The Labute approximate surface area is 182 Å². The maximum atomic E-state index is 14.1. The van der Waals surface area contributed by atoms with Crippen molar-refractivity contribution in [1.82, 2.24) is 4.98 Å². The van der Waals surface area contributed by atoms with Gasteiger partial charge in [0.25, 0.3) is 0 Å². The summed E-state index contributed by atoms with van der Waals surface area (Å²) in [5, 5.41) is 9.04. The maximum Gasteiger partial charge on any atom is 0.174 e. The van der Waals surface area contributed by atoms with E-state index in [9.17, 15) is 4.39 Å². The molecule has 0 aliphatic heterocycles. The van der Waals surface area contributed by atoms with E-state index in [1.807, 2.05) is 19.9 Å². The molecule has 0 amide bonds. The van der Waals surface area contributed by atoms with Gasteiger partial charge in [-0.15, -0.1) is 0 Å². The van der Waals surface area contributed by atoms with Crippen molar-refractivity contribution in [3.05, 3.63) is 91.4 Å². The van der Waals surface area contributed by atoms with E-state index in [2.05, 4.69) is 27.0 Å². The second-order valence-electron chi connectivity index (χ2n) is 6.69. The van der Waals surface area contributed by atoms with E-state index in [4.69, 9.17) is 27.3 Å². The van der Waals surface area contributed by atoms with Crippen LogP contribution in [0, 0.1) is 31.0 Å². The van der Waals surface area contributed by atoms with Gasteiger partial charge < -0.3 is 4.74 Å². The molecule has 0 fully saturated rings. The maximum absolute atomic E-state index is 14.1. The highest BCUT2D eigenvalue weighted by atomic mass is 79.9. The molecule has 1 unspecified atom stereocenters. The molecule has 3 rings (SSSR count). The van der Waals surface area contributed by atoms with Crippen molar-refractivity contribution in [3.63, 3.8) is 0 Å². The Hall–Kier alpha value is -2.46. The molecule has 0 aliphatic carbocycles. The number of hydrogen-bond acceptors (Lipinski definition) is 4. The largest absolute Gasteiger partial charge is 0.471 e. The van der Waals surface area contributed by atoms with Crippen LogP contribution in [0.25, 0.3) is 0 Å². The highest BCUT2D eigenvalue weighted by Gasteiger charge is 2.17. The van der Waals surface area contributed by atoms with Crippen molar-refractivity contribution in [2.75, 3.05) is 0 Å². The van der Waals surface area contributed by atoms with Gasteiger partial charge in [0.05, 0.1) is 16.7 Å². The third-order valence-electron chi connectivity index (χ3n) is 4.57. The summed E-state index contributed by atoms with van der Waals surface area (Å²) in [6.07, 6.45) is 1.25. The summed E-state index contributed by atoms with van der Waals surface area (Å²) < 4.78 is 21.0. The lowest BCUT2D eigenvalue weighted by molar-refractivity contribution is 0.212. The van der Waals surface area contributed by atoms with E-state index in [-0.39, 0.29) is 5.02 Å². The Balaban J connectivity index is 1.93. The van der Waals surface area contributed by atoms with Crippen LogP contribution in [0.15, 0.2) is 47.1 Å². The number of hydrogen-bond donors (Lipinski definition) is 1. The summed E-state index contributed by atoms with van der Waals surface area (Å²) in [4.78, 5) is 4.41. The van der Waals surface area contributed by atoms with E-state index in [0.29, 0.717) is 28.9 Å². The van der Waals surface area contributed by atoms with Crippen molar-refractivity contribution < 1.29 is 9.13 Å². The summed E-state index contributed by atoms with van der Waals surface area (Å²) in [6.45, 7) is 3.77. The minimum absolute atomic E-state index is 0.0487. The molecule has 2 N–H and O–H groups in total. The molecule has 4 nitrogen and oxygen atoms in total. The number of nitrogens with two attached hydrogens (primary N) is 1. The van der Waals surface area contributed by atoms with Crippen LogP contribution in [0.3, 0.4) is 0 Å². The first-order valence-electron chi connectivity index (χ1n) is 8.80. The van der Waals surface area contributed by atoms with E-state index in [1.54, 1.807) is 24.4 Å². The van der Waals surface area contributed by atoms with E-state index in [0.717, 1.165) is 21.3 Å². The van der Waals surface area contributed by atoms with Crippen LogP contribution in [0.2, 0.25) is 5.02 Å². The minimum Gasteiger partial charge on any atom is -0.471 e. The highest BCUT2D eigenvalue weighted by molar-refractivity contribution is 9.10. The third-order valence-corrected chi connectivity index (χ3v) is 5.29. The molecule has 1 atom stereocenters. The Morgan fingerprint density at radius 3 is 2.66 bits per heavy atom. The number of halogens is 3. The van der Waals surface area contributed by atoms with Gasteiger partial charge in [-0.1, -0.05) is 17.7 Å². The summed E-state index contributed by atoms with van der Waals surface area (Å²) in [7, 11) is 0. The van der Waals surface area contributed by atoms with Gasteiger partial charge in [-0.3, -0.25) is 10.7 Å². The fourth-order valence-electron chi connectivity index (χ4n) is 2.95. The van der Waals surface area contributed by atoms with Gasteiger partial charge in [0.15, 0.2) is 6.23 Å². The molecule has 0 spiro atoms. The first-order chi connectivity index (χ1) is 13.8. The molecule has 0 aliphatic rings. The number of aromatic nitrogens is 1. The zero-order valence-electron chi connectivity index (χ0n) is 15.8. The third kappa shape index (κ3) is 4.94. The molecular formula is C22H18BrClFN3O. The Morgan fingerprint density at radius 2 is 2.00 bits per heavy atom. The topological polar surface area (TPSA) is 71.9 Å². The fraction of sp³-hybridized carbons (Fsp3) is 0.182. The van der Waals surface area contributed by atoms with Gasteiger partial charge in [0.2, 0.25) is 0 Å². The van der Waals surface area contributed by atoms with Crippen LogP contribution in [-0.4, -0.2) is 4.98 Å². The summed E-state index contributed by atoms with van der Waals surface area (Å²) in [5.41, 5.74) is 10.6. The lowest BCUT2D eigenvalue weighted by Gasteiger charge is -2.19. The molecule has 0 bridgehead atoms. The number of pyridine rings is 1. The van der Waals surface area contributed by atoms with E-state index < -0.39 is 12.0 Å². The van der Waals surface area contributed by atoms with Crippen LogP contribution in [0.5, 0.6) is 5.75 Å². The Morgan fingerprint density at radius 1 is 1.24 bits per heavy atom. The molecule has 0 radical (unpaired) electrons. The smallest absolute Gasteiger partial charge is 0.174 e. The molecular weight excluding hydrogens is 457 g/mol. The molecule has 1 heterocycles. The first kappa shape index (κ1) is 21.3. The number of nitrogens with zero attached hydrogens (tertiary/aromatic N) is 2. The molecule has 0 saturated heterocycles. The Bertz CT molecular complexity index is 1110. The monoisotopic (exact) mass is 473 g/mol. The lowest BCUT2D eigenvalue weighted by atomic mass is 10.0. The van der Waals surface area contributed by atoms with Crippen molar-refractivity contribution in [2.45, 2.75) is 26.5 Å². The normalized spacial score (nSPS) is 11.8. The van der Waals surface area contributed by atoms with Crippen LogP contribution in [0.1, 0.15) is 39.7 Å². The first-order valence-corrected chi connectivity index (χ1v) is 9.97. The summed E-state index contributed by atoms with van der Waals surface area (Å²) in [6, 6.07) is 12.1. The lowest BCUT2D eigenvalue weighted by Crippen LogP contribution is -2.18. The summed E-state index contributed by atoms with van der Waals surface area (Å²) >= 11 is 9.37. The van der Waals surface area contributed by atoms with Gasteiger partial charge in [-0.05, 0) is 65.2 Å². The van der Waals surface area contributed by atoms with Gasteiger partial charge in [0, 0.05) is 40.0 Å². The molecule has 2 aromatic carbocycles. The van der Waals surface area contributed by atoms with Gasteiger partial charge >= 0.3 is 0 Å². The Kier molecular flexibility index (Phi) is 6.53. The quantitative estimate of drug-likeness (QED) is 0.478. The highest BCUT2D eigenvalue weighted by Crippen LogP contribution is 2.31. The van der Waals surface area contributed by atoms with Gasteiger partial charge in [-0.25, -0.2) is 4.39 Å². The molecule has 29 heavy (non-hydrogen) atoms. The number of rotatable bonds is 5. The van der Waals surface area contributed by atoms with E-state index in [1.165, 1.54) is 12.1 Å². The van der Waals surface area contributed by atoms with Crippen LogP contribution < -0.4 is 10.5 Å². The average molecular weight is 475 g/mol. The van der Waals surface area contributed by atoms with Crippen molar-refractivity contribution >= 4 is 27.5 Å². The fourth-order valence-corrected chi connectivity index (χ4v) is 3.55. The molecule has 1 aromatic heterocycles. The number of aryl methyl sites for hydroxylation is 2. The van der Waals surface area contributed by atoms with Crippen molar-refractivity contribution in [1.29, 1.82) is 5.26 Å².